The standard InChI is InChI=1S/C25H27ClN4O2/c1-4-6-15-30-16(3)21(22(27-25(30)31)18-11-13-20(26)14-12-18)24-28-23(29-32-24)19-9-7-17(5-2)8-10-19/h7-14,22H,4-6,15H2,1-3H3,(H,27,31). The molecule has 1 aliphatic heterocycles. The highest BCUT2D eigenvalue weighted by atomic mass is 35.5. The Balaban J connectivity index is 1.76. The van der Waals surface area contributed by atoms with E-state index in [1.807, 2.05) is 43.3 Å². The Morgan fingerprint density at radius 3 is 2.47 bits per heavy atom. The molecule has 0 bridgehead atoms. The number of nitrogens with one attached hydrogen (secondary N) is 1. The van der Waals surface area contributed by atoms with E-state index >= 15 is 0 Å². The third-order valence-electron chi connectivity index (χ3n) is 5.81. The zero-order valence-corrected chi connectivity index (χ0v) is 19.3. The fourth-order valence-corrected chi connectivity index (χ4v) is 4.01. The summed E-state index contributed by atoms with van der Waals surface area (Å²) in [5.74, 6) is 0.924. The van der Waals surface area contributed by atoms with Crippen LogP contribution in [0.2, 0.25) is 5.02 Å². The second kappa shape index (κ2) is 9.57. The van der Waals surface area contributed by atoms with Gasteiger partial charge in [0.05, 0.1) is 11.6 Å². The van der Waals surface area contributed by atoms with Crippen molar-refractivity contribution in [2.24, 2.45) is 0 Å². The smallest absolute Gasteiger partial charge is 0.322 e. The van der Waals surface area contributed by atoms with Crippen LogP contribution >= 0.6 is 11.6 Å². The molecule has 3 aromatic rings. The number of aromatic nitrogens is 2. The van der Waals surface area contributed by atoms with Gasteiger partial charge >= 0.3 is 6.03 Å². The van der Waals surface area contributed by atoms with Crippen LogP contribution in [0, 0.1) is 0 Å². The topological polar surface area (TPSA) is 71.3 Å². The maximum Gasteiger partial charge on any atom is 0.322 e. The third-order valence-corrected chi connectivity index (χ3v) is 6.06. The summed E-state index contributed by atoms with van der Waals surface area (Å²) in [7, 11) is 0. The molecule has 1 aromatic heterocycles. The molecule has 2 heterocycles. The minimum Gasteiger partial charge on any atom is -0.334 e. The molecule has 2 aromatic carbocycles. The lowest BCUT2D eigenvalue weighted by molar-refractivity contribution is 0.204. The Morgan fingerprint density at radius 1 is 1.09 bits per heavy atom. The molecule has 0 saturated carbocycles. The van der Waals surface area contributed by atoms with Gasteiger partial charge in [0.15, 0.2) is 0 Å². The lowest BCUT2D eigenvalue weighted by Crippen LogP contribution is -2.46. The predicted octanol–water partition coefficient (Wildman–Crippen LogP) is 6.25. The highest BCUT2D eigenvalue weighted by molar-refractivity contribution is 6.30. The number of benzene rings is 2. The lowest BCUT2D eigenvalue weighted by atomic mass is 9.94. The lowest BCUT2D eigenvalue weighted by Gasteiger charge is -2.35. The number of allylic oxidation sites excluding steroid dienone is 1. The first-order valence-corrected chi connectivity index (χ1v) is 11.4. The fourth-order valence-electron chi connectivity index (χ4n) is 3.89. The van der Waals surface area contributed by atoms with Gasteiger partial charge in [-0.1, -0.05) is 73.4 Å². The maximum absolute atomic E-state index is 12.9. The van der Waals surface area contributed by atoms with Crippen molar-refractivity contribution in [3.63, 3.8) is 0 Å². The van der Waals surface area contributed by atoms with E-state index in [9.17, 15) is 4.79 Å². The molecule has 0 fully saturated rings. The average molecular weight is 451 g/mol. The molecule has 0 saturated heterocycles. The number of aryl methyl sites for hydroxylation is 1. The Hall–Kier alpha value is -3.12. The Kier molecular flexibility index (Phi) is 6.61. The Labute approximate surface area is 193 Å². The number of nitrogens with zero attached hydrogens (tertiary/aromatic N) is 3. The summed E-state index contributed by atoms with van der Waals surface area (Å²) in [6, 6.07) is 15.0. The van der Waals surface area contributed by atoms with Crippen LogP contribution in [-0.2, 0) is 6.42 Å². The number of carbonyl (C=O) groups is 1. The normalized spacial score (nSPS) is 16.4. The highest BCUT2D eigenvalue weighted by Crippen LogP contribution is 2.37. The molecular weight excluding hydrogens is 424 g/mol. The molecule has 1 aliphatic rings. The summed E-state index contributed by atoms with van der Waals surface area (Å²) in [4.78, 5) is 19.4. The molecule has 0 radical (unpaired) electrons. The number of carbonyl (C=O) groups excluding carboxylic acids is 1. The largest absolute Gasteiger partial charge is 0.334 e. The van der Waals surface area contributed by atoms with E-state index < -0.39 is 6.04 Å². The first-order valence-electron chi connectivity index (χ1n) is 11.0. The Bertz CT molecular complexity index is 1120. The van der Waals surface area contributed by atoms with Crippen molar-refractivity contribution < 1.29 is 9.32 Å². The van der Waals surface area contributed by atoms with Crippen molar-refractivity contribution in [1.29, 1.82) is 0 Å². The van der Waals surface area contributed by atoms with Crippen molar-refractivity contribution in [3.8, 4) is 11.4 Å². The number of unbranched alkanes of at least 4 members (excludes halogenated alkanes) is 1. The van der Waals surface area contributed by atoms with Crippen LogP contribution in [0.3, 0.4) is 0 Å². The van der Waals surface area contributed by atoms with Crippen LogP contribution in [0.25, 0.3) is 17.0 Å². The molecule has 6 nitrogen and oxygen atoms in total. The zero-order chi connectivity index (χ0) is 22.7. The molecule has 32 heavy (non-hydrogen) atoms. The van der Waals surface area contributed by atoms with Gasteiger partial charge in [0.1, 0.15) is 0 Å². The van der Waals surface area contributed by atoms with E-state index in [0.29, 0.717) is 23.3 Å². The summed E-state index contributed by atoms with van der Waals surface area (Å²) in [6.45, 7) is 6.79. The molecule has 166 valence electrons. The van der Waals surface area contributed by atoms with Gasteiger partial charge in [-0.25, -0.2) is 4.79 Å². The number of rotatable bonds is 7. The number of amides is 2. The molecular formula is C25H27ClN4O2. The van der Waals surface area contributed by atoms with Gasteiger partial charge < -0.3 is 9.84 Å². The van der Waals surface area contributed by atoms with Crippen LogP contribution < -0.4 is 5.32 Å². The molecule has 0 spiro atoms. The average Bonchev–Trinajstić information content (AvgIpc) is 3.29. The fraction of sp³-hybridized carbons (Fsp3) is 0.320. The number of urea groups is 1. The van der Waals surface area contributed by atoms with Crippen molar-refractivity contribution in [1.82, 2.24) is 20.4 Å². The molecule has 1 atom stereocenters. The van der Waals surface area contributed by atoms with Crippen molar-refractivity contribution >= 4 is 23.2 Å². The minimum absolute atomic E-state index is 0.130. The summed E-state index contributed by atoms with van der Waals surface area (Å²) >= 11 is 6.09. The van der Waals surface area contributed by atoms with Gasteiger partial charge in [0.2, 0.25) is 5.82 Å². The molecule has 1 unspecified atom stereocenters. The highest BCUT2D eigenvalue weighted by Gasteiger charge is 2.35. The van der Waals surface area contributed by atoms with E-state index in [1.54, 1.807) is 4.90 Å². The third kappa shape index (κ3) is 4.41. The minimum atomic E-state index is -0.409. The molecule has 0 aliphatic carbocycles. The first-order chi connectivity index (χ1) is 15.5. The maximum atomic E-state index is 12.9. The second-order valence-corrected chi connectivity index (χ2v) is 8.35. The molecule has 4 rings (SSSR count). The van der Waals surface area contributed by atoms with Gasteiger partial charge in [0.25, 0.3) is 5.89 Å². The SMILES string of the molecule is CCCCN1C(=O)NC(c2ccc(Cl)cc2)C(c2nc(-c3ccc(CC)cc3)no2)=C1C. The van der Waals surface area contributed by atoms with Crippen LogP contribution in [0.15, 0.2) is 58.8 Å². The summed E-state index contributed by atoms with van der Waals surface area (Å²) < 4.78 is 5.73. The van der Waals surface area contributed by atoms with Crippen LogP contribution in [0.5, 0.6) is 0 Å². The van der Waals surface area contributed by atoms with Gasteiger partial charge in [-0.15, -0.1) is 0 Å². The van der Waals surface area contributed by atoms with Crippen LogP contribution in [0.4, 0.5) is 4.79 Å². The predicted molar refractivity (Wildman–Crippen MR) is 126 cm³/mol. The quantitative estimate of drug-likeness (QED) is 0.461. The summed E-state index contributed by atoms with van der Waals surface area (Å²) in [6.07, 6.45) is 2.87. The zero-order valence-electron chi connectivity index (χ0n) is 18.6. The molecule has 1 N–H and O–H groups in total. The van der Waals surface area contributed by atoms with Crippen molar-refractivity contribution in [3.05, 3.63) is 76.3 Å². The molecule has 2 amide bonds. The van der Waals surface area contributed by atoms with Crippen LogP contribution in [-0.4, -0.2) is 27.6 Å². The van der Waals surface area contributed by atoms with Crippen molar-refractivity contribution in [2.45, 2.75) is 46.1 Å². The molecule has 7 heteroatoms. The monoisotopic (exact) mass is 450 g/mol. The van der Waals surface area contributed by atoms with Gasteiger partial charge in [-0.2, -0.15) is 4.98 Å². The van der Waals surface area contributed by atoms with E-state index in [2.05, 4.69) is 36.5 Å². The van der Waals surface area contributed by atoms with E-state index in [-0.39, 0.29) is 6.03 Å². The first kappa shape index (κ1) is 22.1. The van der Waals surface area contributed by atoms with Crippen LogP contribution in [0.1, 0.15) is 56.7 Å². The van der Waals surface area contributed by atoms with Gasteiger partial charge in [0, 0.05) is 22.8 Å². The number of hydrogen-bond donors (Lipinski definition) is 1. The summed E-state index contributed by atoms with van der Waals surface area (Å²) in [5.41, 5.74) is 4.66. The summed E-state index contributed by atoms with van der Waals surface area (Å²) in [5, 5.41) is 7.98. The van der Waals surface area contributed by atoms with Gasteiger partial charge in [-0.3, -0.25) is 4.90 Å². The second-order valence-electron chi connectivity index (χ2n) is 7.91. The van der Waals surface area contributed by atoms with Gasteiger partial charge in [-0.05, 0) is 43.0 Å². The Morgan fingerprint density at radius 2 is 1.81 bits per heavy atom. The van der Waals surface area contributed by atoms with E-state index in [0.717, 1.165) is 41.7 Å². The van der Waals surface area contributed by atoms with E-state index in [4.69, 9.17) is 21.1 Å². The number of hydrogen-bond acceptors (Lipinski definition) is 4. The van der Waals surface area contributed by atoms with Crippen molar-refractivity contribution in [2.75, 3.05) is 6.54 Å². The number of halogens is 1. The van der Waals surface area contributed by atoms with E-state index in [1.165, 1.54) is 5.56 Å².